The molecule has 1 saturated carbocycles. The summed E-state index contributed by atoms with van der Waals surface area (Å²) in [5.41, 5.74) is 0.392. The summed E-state index contributed by atoms with van der Waals surface area (Å²) in [5.74, 6) is 0.597. The van der Waals surface area contributed by atoms with Crippen LogP contribution in [0.25, 0.3) is 0 Å². The van der Waals surface area contributed by atoms with Crippen LogP contribution in [-0.4, -0.2) is 36.5 Å². The maximum absolute atomic E-state index is 12.5. The molecule has 1 N–H and O–H groups in total. The van der Waals surface area contributed by atoms with E-state index in [9.17, 15) is 4.79 Å². The van der Waals surface area contributed by atoms with Crippen molar-refractivity contribution in [3.8, 4) is 0 Å². The second-order valence-electron chi connectivity index (χ2n) is 6.36. The van der Waals surface area contributed by atoms with Crippen molar-refractivity contribution >= 4 is 5.91 Å². The van der Waals surface area contributed by atoms with Crippen molar-refractivity contribution in [3.05, 3.63) is 0 Å². The maximum Gasteiger partial charge on any atom is 0.225 e. The topological polar surface area (TPSA) is 32.3 Å². The van der Waals surface area contributed by atoms with Crippen molar-refractivity contribution in [2.45, 2.75) is 58.5 Å². The molecule has 0 bridgehead atoms. The number of hydrogen-bond acceptors (Lipinski definition) is 2. The van der Waals surface area contributed by atoms with Gasteiger partial charge in [0.25, 0.3) is 0 Å². The summed E-state index contributed by atoms with van der Waals surface area (Å²) in [6.07, 6.45) is 4.53. The molecule has 3 heteroatoms. The number of carbonyl (C=O) groups is 1. The molecule has 2 fully saturated rings. The quantitative estimate of drug-likeness (QED) is 0.816. The number of amides is 1. The van der Waals surface area contributed by atoms with Crippen LogP contribution in [0.15, 0.2) is 0 Å². The van der Waals surface area contributed by atoms with Crippen LogP contribution in [0.2, 0.25) is 0 Å². The zero-order valence-corrected chi connectivity index (χ0v) is 11.6. The highest BCUT2D eigenvalue weighted by atomic mass is 16.2. The standard InChI is InChI=1S/C14H26N2O/c1-10-9-12(5-8-15-10)13(17)16(4)11(2)14(3)6-7-14/h10-12,15H,5-9H2,1-4H3/t10-,11?,12-/m0/s1. The molecule has 0 aromatic heterocycles. The van der Waals surface area contributed by atoms with Crippen LogP contribution >= 0.6 is 0 Å². The van der Waals surface area contributed by atoms with Crippen molar-refractivity contribution in [2.75, 3.05) is 13.6 Å². The highest BCUT2D eigenvalue weighted by Gasteiger charge is 2.46. The van der Waals surface area contributed by atoms with Gasteiger partial charge in [-0.3, -0.25) is 4.79 Å². The molecule has 0 radical (unpaired) electrons. The first-order chi connectivity index (χ1) is 7.94. The maximum atomic E-state index is 12.5. The van der Waals surface area contributed by atoms with Gasteiger partial charge in [-0.1, -0.05) is 6.92 Å². The lowest BCUT2D eigenvalue weighted by atomic mass is 9.90. The molecule has 3 nitrogen and oxygen atoms in total. The monoisotopic (exact) mass is 238 g/mol. The van der Waals surface area contributed by atoms with Crippen molar-refractivity contribution in [1.29, 1.82) is 0 Å². The average molecular weight is 238 g/mol. The molecular weight excluding hydrogens is 212 g/mol. The third-order valence-electron chi connectivity index (χ3n) is 4.95. The molecule has 0 aromatic rings. The fourth-order valence-corrected chi connectivity index (χ4v) is 2.92. The third kappa shape index (κ3) is 2.65. The lowest BCUT2D eigenvalue weighted by Gasteiger charge is -2.35. The van der Waals surface area contributed by atoms with Crippen molar-refractivity contribution in [3.63, 3.8) is 0 Å². The summed E-state index contributed by atoms with van der Waals surface area (Å²) < 4.78 is 0. The van der Waals surface area contributed by atoms with Crippen molar-refractivity contribution in [1.82, 2.24) is 10.2 Å². The normalized spacial score (nSPS) is 32.9. The first-order valence-corrected chi connectivity index (χ1v) is 6.94. The summed E-state index contributed by atoms with van der Waals surface area (Å²) in [7, 11) is 1.99. The van der Waals surface area contributed by atoms with Gasteiger partial charge in [-0.2, -0.15) is 0 Å². The van der Waals surface area contributed by atoms with Gasteiger partial charge in [0, 0.05) is 25.0 Å². The largest absolute Gasteiger partial charge is 0.342 e. The molecule has 1 heterocycles. The van der Waals surface area contributed by atoms with E-state index >= 15 is 0 Å². The Hall–Kier alpha value is -0.570. The Morgan fingerprint density at radius 1 is 1.47 bits per heavy atom. The summed E-state index contributed by atoms with van der Waals surface area (Å²) in [4.78, 5) is 14.5. The molecule has 1 aliphatic heterocycles. The van der Waals surface area contributed by atoms with Gasteiger partial charge < -0.3 is 10.2 Å². The van der Waals surface area contributed by atoms with E-state index in [0.29, 0.717) is 23.4 Å². The highest BCUT2D eigenvalue weighted by molar-refractivity contribution is 5.79. The summed E-state index contributed by atoms with van der Waals surface area (Å²) in [5, 5.41) is 3.41. The number of nitrogens with one attached hydrogen (secondary N) is 1. The summed E-state index contributed by atoms with van der Waals surface area (Å²) >= 11 is 0. The van der Waals surface area contributed by atoms with Crippen LogP contribution in [0, 0.1) is 11.3 Å². The zero-order chi connectivity index (χ0) is 12.6. The van der Waals surface area contributed by atoms with E-state index in [1.807, 2.05) is 11.9 Å². The molecule has 1 amide bonds. The smallest absolute Gasteiger partial charge is 0.225 e. The minimum atomic E-state index is 0.237. The molecule has 98 valence electrons. The van der Waals surface area contributed by atoms with Gasteiger partial charge in [-0.05, 0) is 51.5 Å². The van der Waals surface area contributed by atoms with Gasteiger partial charge in [0.05, 0.1) is 0 Å². The van der Waals surface area contributed by atoms with Crippen molar-refractivity contribution in [2.24, 2.45) is 11.3 Å². The molecule has 17 heavy (non-hydrogen) atoms. The van der Waals surface area contributed by atoms with Gasteiger partial charge in [-0.25, -0.2) is 0 Å². The lowest BCUT2D eigenvalue weighted by Crippen LogP contribution is -2.47. The minimum Gasteiger partial charge on any atom is -0.342 e. The second-order valence-corrected chi connectivity index (χ2v) is 6.36. The summed E-state index contributed by atoms with van der Waals surface area (Å²) in [6, 6.07) is 0.873. The Morgan fingerprint density at radius 2 is 2.12 bits per heavy atom. The number of rotatable bonds is 3. The molecular formula is C14H26N2O. The number of carbonyl (C=O) groups excluding carboxylic acids is 1. The second kappa shape index (κ2) is 4.60. The fraction of sp³-hybridized carbons (Fsp3) is 0.929. The lowest BCUT2D eigenvalue weighted by molar-refractivity contribution is -0.138. The van der Waals surface area contributed by atoms with Crippen LogP contribution in [0.5, 0.6) is 0 Å². The number of hydrogen-bond donors (Lipinski definition) is 1. The van der Waals surface area contributed by atoms with Gasteiger partial charge in [-0.15, -0.1) is 0 Å². The molecule has 0 aromatic carbocycles. The first-order valence-electron chi connectivity index (χ1n) is 6.94. The van der Waals surface area contributed by atoms with Gasteiger partial charge in [0.1, 0.15) is 0 Å². The Kier molecular flexibility index (Phi) is 3.48. The molecule has 2 aliphatic rings. The minimum absolute atomic E-state index is 0.237. The predicted octanol–water partition coefficient (Wildman–Crippen LogP) is 2.02. The molecule has 1 aliphatic carbocycles. The SMILES string of the molecule is CC(N(C)C(=O)[C@H]1CCN[C@@H](C)C1)C1(C)CC1. The Morgan fingerprint density at radius 3 is 2.65 bits per heavy atom. The Labute approximate surface area is 105 Å². The van der Waals surface area contributed by atoms with Crippen LogP contribution in [0.4, 0.5) is 0 Å². The number of piperidine rings is 1. The van der Waals surface area contributed by atoms with Gasteiger partial charge in [0.15, 0.2) is 0 Å². The number of nitrogens with zero attached hydrogens (tertiary/aromatic N) is 1. The fourth-order valence-electron chi connectivity index (χ4n) is 2.92. The average Bonchev–Trinajstić information content (AvgIpc) is 3.06. The van der Waals surface area contributed by atoms with E-state index in [0.717, 1.165) is 19.4 Å². The van der Waals surface area contributed by atoms with E-state index < -0.39 is 0 Å². The first kappa shape index (κ1) is 12.9. The molecule has 2 rings (SSSR count). The highest BCUT2D eigenvalue weighted by Crippen LogP contribution is 2.49. The molecule has 1 saturated heterocycles. The van der Waals surface area contributed by atoms with E-state index in [1.165, 1.54) is 12.8 Å². The van der Waals surface area contributed by atoms with E-state index in [-0.39, 0.29) is 5.92 Å². The Balaban J connectivity index is 1.94. The van der Waals surface area contributed by atoms with Gasteiger partial charge >= 0.3 is 0 Å². The Bertz CT molecular complexity index is 299. The summed E-state index contributed by atoms with van der Waals surface area (Å²) in [6.45, 7) is 7.66. The molecule has 1 unspecified atom stereocenters. The zero-order valence-electron chi connectivity index (χ0n) is 11.6. The molecule has 3 atom stereocenters. The van der Waals surface area contributed by atoms with Crippen LogP contribution < -0.4 is 5.32 Å². The van der Waals surface area contributed by atoms with Crippen LogP contribution in [0.1, 0.15) is 46.5 Å². The van der Waals surface area contributed by atoms with Crippen LogP contribution in [-0.2, 0) is 4.79 Å². The molecule has 0 spiro atoms. The van der Waals surface area contributed by atoms with E-state index in [4.69, 9.17) is 0 Å². The predicted molar refractivity (Wildman–Crippen MR) is 69.8 cm³/mol. The van der Waals surface area contributed by atoms with E-state index in [2.05, 4.69) is 26.1 Å². The van der Waals surface area contributed by atoms with Crippen molar-refractivity contribution < 1.29 is 4.79 Å². The van der Waals surface area contributed by atoms with Crippen LogP contribution in [0.3, 0.4) is 0 Å². The van der Waals surface area contributed by atoms with Gasteiger partial charge in [0.2, 0.25) is 5.91 Å². The third-order valence-corrected chi connectivity index (χ3v) is 4.95. The van der Waals surface area contributed by atoms with E-state index in [1.54, 1.807) is 0 Å².